The van der Waals surface area contributed by atoms with Crippen molar-refractivity contribution in [3.63, 3.8) is 0 Å². The lowest BCUT2D eigenvalue weighted by Crippen LogP contribution is -2.35. The van der Waals surface area contributed by atoms with Crippen LogP contribution in [0.25, 0.3) is 11.4 Å². The number of nitrogens with one attached hydrogen (secondary N) is 1. The van der Waals surface area contributed by atoms with Crippen molar-refractivity contribution in [1.82, 2.24) is 14.9 Å². The highest BCUT2D eigenvalue weighted by molar-refractivity contribution is 5.58. The van der Waals surface area contributed by atoms with Crippen LogP contribution < -0.4 is 11.3 Å². The van der Waals surface area contributed by atoms with Crippen molar-refractivity contribution in [2.45, 2.75) is 25.7 Å². The number of hydrogen-bond donors (Lipinski definition) is 2. The molecule has 150 valence electrons. The van der Waals surface area contributed by atoms with E-state index in [2.05, 4.69) is 9.97 Å². The summed E-state index contributed by atoms with van der Waals surface area (Å²) in [4.78, 5) is 21.8. The Bertz CT molecular complexity index is 1090. The number of fused-ring (bicyclic) bond motifs is 1. The average Bonchev–Trinajstić information content (AvgIpc) is 2.68. The second-order valence-corrected chi connectivity index (χ2v) is 7.08. The van der Waals surface area contributed by atoms with E-state index >= 15 is 0 Å². The van der Waals surface area contributed by atoms with Crippen molar-refractivity contribution in [3.8, 4) is 11.4 Å². The van der Waals surface area contributed by atoms with E-state index in [1.807, 2.05) is 4.90 Å². The molecule has 0 bridgehead atoms. The van der Waals surface area contributed by atoms with Crippen molar-refractivity contribution >= 4 is 5.69 Å². The van der Waals surface area contributed by atoms with Gasteiger partial charge in [0, 0.05) is 37.3 Å². The first-order valence-electron chi connectivity index (χ1n) is 9.17. The van der Waals surface area contributed by atoms with Gasteiger partial charge in [-0.05, 0) is 35.9 Å². The third-order valence-corrected chi connectivity index (χ3v) is 5.05. The fourth-order valence-corrected chi connectivity index (χ4v) is 3.57. The first kappa shape index (κ1) is 19.2. The van der Waals surface area contributed by atoms with Gasteiger partial charge in [0.25, 0.3) is 5.56 Å². The normalized spacial score (nSPS) is 14.6. The second kappa shape index (κ2) is 7.36. The predicted octanol–water partition coefficient (Wildman–Crippen LogP) is 3.60. The van der Waals surface area contributed by atoms with Crippen LogP contribution in [0, 0.1) is 0 Å². The van der Waals surface area contributed by atoms with Crippen LogP contribution in [0.3, 0.4) is 0 Å². The van der Waals surface area contributed by atoms with Gasteiger partial charge in [0.15, 0.2) is 0 Å². The van der Waals surface area contributed by atoms with Crippen LogP contribution in [0.5, 0.6) is 0 Å². The lowest BCUT2D eigenvalue weighted by molar-refractivity contribution is -0.138. The molecule has 0 amide bonds. The zero-order chi connectivity index (χ0) is 20.6. The minimum atomic E-state index is -4.41. The number of aromatic amines is 1. The monoisotopic (exact) mass is 400 g/mol. The fraction of sp³-hybridized carbons (Fsp3) is 0.238. The summed E-state index contributed by atoms with van der Waals surface area (Å²) >= 11 is 0. The number of nitrogen functional groups attached to an aromatic ring is 1. The maximum absolute atomic E-state index is 13.2. The lowest BCUT2D eigenvalue weighted by atomic mass is 10.0. The zero-order valence-corrected chi connectivity index (χ0v) is 15.5. The van der Waals surface area contributed by atoms with E-state index in [9.17, 15) is 18.0 Å². The number of nitrogens with two attached hydrogens (primary N) is 1. The van der Waals surface area contributed by atoms with E-state index in [0.29, 0.717) is 35.7 Å². The lowest BCUT2D eigenvalue weighted by Gasteiger charge is -2.28. The second-order valence-electron chi connectivity index (χ2n) is 7.08. The zero-order valence-electron chi connectivity index (χ0n) is 15.5. The fourth-order valence-electron chi connectivity index (χ4n) is 3.57. The molecule has 0 saturated heterocycles. The number of hydrogen-bond acceptors (Lipinski definition) is 4. The molecule has 8 heteroatoms. The Morgan fingerprint density at radius 2 is 1.83 bits per heavy atom. The van der Waals surface area contributed by atoms with E-state index < -0.39 is 11.7 Å². The highest BCUT2D eigenvalue weighted by Crippen LogP contribution is 2.33. The summed E-state index contributed by atoms with van der Waals surface area (Å²) in [5, 5.41) is 0. The van der Waals surface area contributed by atoms with Gasteiger partial charge in [-0.15, -0.1) is 0 Å². The number of benzene rings is 2. The van der Waals surface area contributed by atoms with E-state index in [0.717, 1.165) is 11.6 Å². The van der Waals surface area contributed by atoms with Crippen LogP contribution in [-0.2, 0) is 25.7 Å². The number of H-pyrrole nitrogens is 1. The first-order chi connectivity index (χ1) is 13.8. The molecule has 29 heavy (non-hydrogen) atoms. The molecular formula is C21H19F3N4O. The van der Waals surface area contributed by atoms with Gasteiger partial charge in [0.05, 0.1) is 16.8 Å². The summed E-state index contributed by atoms with van der Waals surface area (Å²) < 4.78 is 39.7. The van der Waals surface area contributed by atoms with Crippen molar-refractivity contribution in [2.24, 2.45) is 0 Å². The Morgan fingerprint density at radius 1 is 1.10 bits per heavy atom. The molecule has 1 aliphatic rings. The SMILES string of the molecule is Nc1ccc(-c2nc3c(c(=O)[nH]2)CN(Cc2ccccc2C(F)(F)F)CC3)cc1. The quantitative estimate of drug-likeness (QED) is 0.659. The van der Waals surface area contributed by atoms with Crippen molar-refractivity contribution in [2.75, 3.05) is 12.3 Å². The Kier molecular flexibility index (Phi) is 4.87. The largest absolute Gasteiger partial charge is 0.416 e. The van der Waals surface area contributed by atoms with E-state index in [-0.39, 0.29) is 24.2 Å². The molecule has 1 aromatic heterocycles. The number of anilines is 1. The molecule has 0 radical (unpaired) electrons. The molecule has 0 fully saturated rings. The molecule has 0 spiro atoms. The predicted molar refractivity (Wildman–Crippen MR) is 104 cm³/mol. The Labute approximate surface area is 165 Å². The maximum Gasteiger partial charge on any atom is 0.416 e. The summed E-state index contributed by atoms with van der Waals surface area (Å²) in [7, 11) is 0. The highest BCUT2D eigenvalue weighted by Gasteiger charge is 2.33. The summed E-state index contributed by atoms with van der Waals surface area (Å²) in [6.45, 7) is 0.900. The number of rotatable bonds is 3. The molecule has 1 aliphatic heterocycles. The minimum absolute atomic E-state index is 0.119. The van der Waals surface area contributed by atoms with Crippen LogP contribution in [0.1, 0.15) is 22.4 Å². The standard InChI is InChI=1S/C21H19F3N4O/c22-21(23,24)17-4-2-1-3-14(17)11-28-10-9-18-16(12-28)20(29)27-19(26-18)13-5-7-15(25)8-6-13/h1-8H,9-12,25H2,(H,26,27,29). The minimum Gasteiger partial charge on any atom is -0.399 e. The molecule has 0 aliphatic carbocycles. The van der Waals surface area contributed by atoms with Crippen LogP contribution in [0.2, 0.25) is 0 Å². The molecule has 5 nitrogen and oxygen atoms in total. The van der Waals surface area contributed by atoms with E-state index in [4.69, 9.17) is 5.73 Å². The molecular weight excluding hydrogens is 381 g/mol. The smallest absolute Gasteiger partial charge is 0.399 e. The van der Waals surface area contributed by atoms with Gasteiger partial charge < -0.3 is 10.7 Å². The number of nitrogens with zero attached hydrogens (tertiary/aromatic N) is 2. The topological polar surface area (TPSA) is 75.0 Å². The Hall–Kier alpha value is -3.13. The molecule has 3 N–H and O–H groups in total. The van der Waals surface area contributed by atoms with Gasteiger partial charge in [-0.25, -0.2) is 4.98 Å². The summed E-state index contributed by atoms with van der Waals surface area (Å²) in [6, 6.07) is 12.6. The van der Waals surface area contributed by atoms with Gasteiger partial charge in [-0.1, -0.05) is 18.2 Å². The molecule has 4 rings (SSSR count). The molecule has 0 unspecified atom stereocenters. The van der Waals surface area contributed by atoms with Crippen molar-refractivity contribution in [3.05, 3.63) is 81.3 Å². The molecule has 0 atom stereocenters. The third kappa shape index (κ3) is 4.02. The van der Waals surface area contributed by atoms with Gasteiger partial charge in [-0.3, -0.25) is 9.69 Å². The first-order valence-corrected chi connectivity index (χ1v) is 9.17. The van der Waals surface area contributed by atoms with Gasteiger partial charge >= 0.3 is 6.18 Å². The van der Waals surface area contributed by atoms with Gasteiger partial charge in [0.2, 0.25) is 0 Å². The third-order valence-electron chi connectivity index (χ3n) is 5.05. The maximum atomic E-state index is 13.2. The molecule has 2 aromatic carbocycles. The summed E-state index contributed by atoms with van der Waals surface area (Å²) in [5.41, 5.74) is 7.53. The van der Waals surface area contributed by atoms with Crippen LogP contribution in [0.15, 0.2) is 53.3 Å². The van der Waals surface area contributed by atoms with Crippen LogP contribution >= 0.6 is 0 Å². The van der Waals surface area contributed by atoms with E-state index in [1.165, 1.54) is 12.1 Å². The number of aromatic nitrogens is 2. The Morgan fingerprint density at radius 3 is 2.55 bits per heavy atom. The number of alkyl halides is 3. The van der Waals surface area contributed by atoms with E-state index in [1.54, 1.807) is 30.3 Å². The van der Waals surface area contributed by atoms with Crippen molar-refractivity contribution < 1.29 is 13.2 Å². The van der Waals surface area contributed by atoms with Crippen LogP contribution in [0.4, 0.5) is 18.9 Å². The van der Waals surface area contributed by atoms with Gasteiger partial charge in [0.1, 0.15) is 5.82 Å². The van der Waals surface area contributed by atoms with Crippen LogP contribution in [-0.4, -0.2) is 21.4 Å². The highest BCUT2D eigenvalue weighted by atomic mass is 19.4. The Balaban J connectivity index is 1.59. The van der Waals surface area contributed by atoms with Gasteiger partial charge in [-0.2, -0.15) is 13.2 Å². The summed E-state index contributed by atoms with van der Waals surface area (Å²) in [6.07, 6.45) is -3.91. The summed E-state index contributed by atoms with van der Waals surface area (Å²) in [5.74, 6) is 0.463. The average molecular weight is 400 g/mol. The van der Waals surface area contributed by atoms with Crippen molar-refractivity contribution in [1.29, 1.82) is 0 Å². The molecule has 0 saturated carbocycles. The molecule has 2 heterocycles. The molecule has 3 aromatic rings. The number of halogens is 3.